The number of aromatic nitrogens is 2. The maximum atomic E-state index is 12.4. The monoisotopic (exact) mass is 394 g/mol. The number of rotatable bonds is 4. The molecule has 0 unspecified atom stereocenters. The fourth-order valence-electron chi connectivity index (χ4n) is 3.01. The maximum Gasteiger partial charge on any atom is 0.269 e. The molecule has 2 aromatic carbocycles. The molecule has 0 fully saturated rings. The average molecular weight is 394 g/mol. The van der Waals surface area contributed by atoms with Crippen molar-refractivity contribution in [2.75, 3.05) is 6.79 Å². The van der Waals surface area contributed by atoms with Gasteiger partial charge >= 0.3 is 0 Å². The molecule has 9 heteroatoms. The molecule has 2 amide bonds. The summed E-state index contributed by atoms with van der Waals surface area (Å²) in [5, 5.41) is 0.527. The van der Waals surface area contributed by atoms with E-state index in [1.54, 1.807) is 49.5 Å². The molecule has 1 aromatic heterocycles. The Hall–Kier alpha value is -3.88. The number of amides is 2. The number of carbonyl (C=O) groups excluding carboxylic acids is 2. The minimum Gasteiger partial charge on any atom is -0.454 e. The van der Waals surface area contributed by atoms with Crippen LogP contribution in [0.15, 0.2) is 47.3 Å². The Bertz CT molecular complexity index is 1170. The van der Waals surface area contributed by atoms with E-state index < -0.39 is 11.8 Å². The van der Waals surface area contributed by atoms with Crippen molar-refractivity contribution in [1.82, 2.24) is 20.4 Å². The normalized spacial score (nSPS) is 12.0. The molecule has 9 nitrogen and oxygen atoms in total. The molecule has 29 heavy (non-hydrogen) atoms. The van der Waals surface area contributed by atoms with Gasteiger partial charge in [0.2, 0.25) is 12.7 Å². The van der Waals surface area contributed by atoms with Crippen molar-refractivity contribution in [1.29, 1.82) is 0 Å². The van der Waals surface area contributed by atoms with Crippen molar-refractivity contribution in [2.24, 2.45) is 7.05 Å². The van der Waals surface area contributed by atoms with Gasteiger partial charge in [-0.2, -0.15) is 0 Å². The standard InChI is InChI=1S/C20H18N4O5/c1-24-17(21-14-5-3-2-4-13(14)20(24)27)8-9-18(25)22-23-19(26)12-6-7-15-16(10-12)29-11-28-15/h2-7,10H,8-9,11H2,1H3,(H,22,25)(H,23,26). The highest BCUT2D eigenvalue weighted by molar-refractivity contribution is 5.96. The van der Waals surface area contributed by atoms with Crippen molar-refractivity contribution in [3.05, 3.63) is 64.2 Å². The zero-order valence-electron chi connectivity index (χ0n) is 15.6. The van der Waals surface area contributed by atoms with E-state index in [1.807, 2.05) is 0 Å². The van der Waals surface area contributed by atoms with Gasteiger partial charge in [-0.15, -0.1) is 0 Å². The van der Waals surface area contributed by atoms with Gasteiger partial charge in [0.05, 0.1) is 10.9 Å². The third kappa shape index (κ3) is 3.75. The zero-order chi connectivity index (χ0) is 20.4. The molecular weight excluding hydrogens is 376 g/mol. The molecule has 0 aliphatic carbocycles. The smallest absolute Gasteiger partial charge is 0.269 e. The summed E-state index contributed by atoms with van der Waals surface area (Å²) in [6.07, 6.45) is 0.308. The van der Waals surface area contributed by atoms with Gasteiger partial charge in [-0.25, -0.2) is 4.98 Å². The summed E-state index contributed by atoms with van der Waals surface area (Å²) >= 11 is 0. The predicted molar refractivity (Wildman–Crippen MR) is 103 cm³/mol. The SMILES string of the molecule is Cn1c(CCC(=O)NNC(=O)c2ccc3c(c2)OCO3)nc2ccccc2c1=O. The first kappa shape index (κ1) is 18.5. The van der Waals surface area contributed by atoms with Crippen LogP contribution in [0.4, 0.5) is 0 Å². The third-order valence-corrected chi connectivity index (χ3v) is 4.60. The quantitative estimate of drug-likeness (QED) is 0.640. The van der Waals surface area contributed by atoms with E-state index in [0.717, 1.165) is 0 Å². The molecule has 1 aliphatic heterocycles. The average Bonchev–Trinajstić information content (AvgIpc) is 3.21. The fourth-order valence-corrected chi connectivity index (χ4v) is 3.01. The van der Waals surface area contributed by atoms with Crippen molar-refractivity contribution < 1.29 is 19.1 Å². The zero-order valence-corrected chi connectivity index (χ0v) is 15.6. The van der Waals surface area contributed by atoms with E-state index in [1.165, 1.54) is 4.57 Å². The Kier molecular flexibility index (Phi) is 4.86. The Balaban J connectivity index is 1.36. The summed E-state index contributed by atoms with van der Waals surface area (Å²) in [5.74, 6) is 0.659. The molecule has 0 bridgehead atoms. The minimum atomic E-state index is -0.479. The largest absolute Gasteiger partial charge is 0.454 e. The second-order valence-corrected chi connectivity index (χ2v) is 6.48. The third-order valence-electron chi connectivity index (χ3n) is 4.60. The second-order valence-electron chi connectivity index (χ2n) is 6.48. The molecule has 1 aliphatic rings. The fraction of sp³-hybridized carbons (Fsp3) is 0.200. The van der Waals surface area contributed by atoms with E-state index in [4.69, 9.17) is 9.47 Å². The summed E-state index contributed by atoms with van der Waals surface area (Å²) in [4.78, 5) is 41.1. The molecule has 0 radical (unpaired) electrons. The summed E-state index contributed by atoms with van der Waals surface area (Å²) in [6, 6.07) is 11.8. The van der Waals surface area contributed by atoms with E-state index in [0.29, 0.717) is 33.8 Å². The van der Waals surface area contributed by atoms with Crippen molar-refractivity contribution >= 4 is 22.7 Å². The highest BCUT2D eigenvalue weighted by Crippen LogP contribution is 2.32. The Labute approximate surface area is 165 Å². The number of hydrogen-bond donors (Lipinski definition) is 2. The van der Waals surface area contributed by atoms with Crippen LogP contribution >= 0.6 is 0 Å². The van der Waals surface area contributed by atoms with Gasteiger partial charge in [0, 0.05) is 25.5 Å². The summed E-state index contributed by atoms with van der Waals surface area (Å²) < 4.78 is 11.9. The van der Waals surface area contributed by atoms with Crippen molar-refractivity contribution in [3.63, 3.8) is 0 Å². The highest BCUT2D eigenvalue weighted by atomic mass is 16.7. The predicted octanol–water partition coefficient (Wildman–Crippen LogP) is 1.06. The number of fused-ring (bicyclic) bond motifs is 2. The minimum absolute atomic E-state index is 0.0556. The van der Waals surface area contributed by atoms with Crippen LogP contribution in [-0.4, -0.2) is 28.2 Å². The van der Waals surface area contributed by atoms with Gasteiger partial charge in [0.1, 0.15) is 5.82 Å². The topological polar surface area (TPSA) is 112 Å². The number of para-hydroxylation sites is 1. The lowest BCUT2D eigenvalue weighted by molar-refractivity contribution is -0.121. The first-order valence-corrected chi connectivity index (χ1v) is 8.96. The number of aryl methyl sites for hydroxylation is 1. The van der Waals surface area contributed by atoms with Crippen molar-refractivity contribution in [3.8, 4) is 11.5 Å². The molecular formula is C20H18N4O5. The second kappa shape index (κ2) is 7.63. The van der Waals surface area contributed by atoms with Crippen LogP contribution in [0, 0.1) is 0 Å². The lowest BCUT2D eigenvalue weighted by Crippen LogP contribution is -2.41. The number of carbonyl (C=O) groups is 2. The first-order chi connectivity index (χ1) is 14.0. The summed E-state index contributed by atoms with van der Waals surface area (Å²) in [7, 11) is 1.62. The van der Waals surface area contributed by atoms with E-state index in [-0.39, 0.29) is 25.2 Å². The van der Waals surface area contributed by atoms with E-state index in [9.17, 15) is 14.4 Å². The number of ether oxygens (including phenoxy) is 2. The van der Waals surface area contributed by atoms with Gasteiger partial charge in [-0.3, -0.25) is 29.8 Å². The molecule has 2 heterocycles. The van der Waals surface area contributed by atoms with Gasteiger partial charge in [0.25, 0.3) is 11.5 Å². The van der Waals surface area contributed by atoms with E-state index >= 15 is 0 Å². The Morgan fingerprint density at radius 2 is 1.90 bits per heavy atom. The van der Waals surface area contributed by atoms with Crippen LogP contribution in [-0.2, 0) is 18.3 Å². The van der Waals surface area contributed by atoms with Crippen LogP contribution in [0.1, 0.15) is 22.6 Å². The lowest BCUT2D eigenvalue weighted by Gasteiger charge is -2.10. The number of nitrogens with one attached hydrogen (secondary N) is 2. The molecule has 0 saturated carbocycles. The van der Waals surface area contributed by atoms with Gasteiger partial charge in [-0.1, -0.05) is 12.1 Å². The van der Waals surface area contributed by atoms with E-state index in [2.05, 4.69) is 15.8 Å². The van der Waals surface area contributed by atoms with Gasteiger partial charge in [-0.05, 0) is 30.3 Å². The van der Waals surface area contributed by atoms with Crippen LogP contribution in [0.3, 0.4) is 0 Å². The Morgan fingerprint density at radius 3 is 2.76 bits per heavy atom. The number of hydrogen-bond acceptors (Lipinski definition) is 6. The van der Waals surface area contributed by atoms with Crippen LogP contribution in [0.25, 0.3) is 10.9 Å². The highest BCUT2D eigenvalue weighted by Gasteiger charge is 2.17. The first-order valence-electron chi connectivity index (χ1n) is 8.96. The lowest BCUT2D eigenvalue weighted by atomic mass is 10.2. The van der Waals surface area contributed by atoms with Crippen molar-refractivity contribution in [2.45, 2.75) is 12.8 Å². The molecule has 0 spiro atoms. The molecule has 148 valence electrons. The maximum absolute atomic E-state index is 12.4. The molecule has 4 rings (SSSR count). The molecule has 2 N–H and O–H groups in total. The van der Waals surface area contributed by atoms with Crippen LogP contribution in [0.5, 0.6) is 11.5 Å². The van der Waals surface area contributed by atoms with Gasteiger partial charge in [0.15, 0.2) is 11.5 Å². The van der Waals surface area contributed by atoms with Crippen LogP contribution < -0.4 is 25.9 Å². The molecule has 0 saturated heterocycles. The number of hydrazine groups is 1. The van der Waals surface area contributed by atoms with Gasteiger partial charge < -0.3 is 9.47 Å². The molecule has 3 aromatic rings. The number of nitrogens with zero attached hydrogens (tertiary/aromatic N) is 2. The Morgan fingerprint density at radius 1 is 1.10 bits per heavy atom. The number of benzene rings is 2. The molecule has 0 atom stereocenters. The summed E-state index contributed by atoms with van der Waals surface area (Å²) in [6.45, 7) is 0.114. The summed E-state index contributed by atoms with van der Waals surface area (Å²) in [5.41, 5.74) is 5.47. The van der Waals surface area contributed by atoms with Crippen LogP contribution in [0.2, 0.25) is 0 Å².